The van der Waals surface area contributed by atoms with Crippen LogP contribution in [0, 0.1) is 11.7 Å². The van der Waals surface area contributed by atoms with E-state index in [2.05, 4.69) is 10.0 Å². The summed E-state index contributed by atoms with van der Waals surface area (Å²) in [6.07, 6.45) is 1.49. The summed E-state index contributed by atoms with van der Waals surface area (Å²) in [5.41, 5.74) is 8.06. The fraction of sp³-hybridized carbons (Fsp3) is 0.517. The van der Waals surface area contributed by atoms with E-state index in [-0.39, 0.29) is 42.3 Å². The summed E-state index contributed by atoms with van der Waals surface area (Å²) in [7, 11) is -2.03. The molecule has 2 amide bonds. The number of phenolic OH excluding ortho intramolecular Hbond substituents is 1. The van der Waals surface area contributed by atoms with Crippen molar-refractivity contribution in [2.75, 3.05) is 19.8 Å². The molecule has 0 aliphatic carbocycles. The zero-order valence-electron chi connectivity index (χ0n) is 24.4. The zero-order valence-corrected chi connectivity index (χ0v) is 25.2. The van der Waals surface area contributed by atoms with Gasteiger partial charge >= 0.3 is 0 Å². The van der Waals surface area contributed by atoms with Crippen LogP contribution in [0.1, 0.15) is 51.3 Å². The van der Waals surface area contributed by atoms with E-state index in [4.69, 9.17) is 5.73 Å². The molecule has 0 bridgehead atoms. The SMILES string of the molecule is CC(C)[C@@H](C(=O)N[C@H](CNS(C)(=O)=O)Cc1ccc(O)c(C(C)(C)C)c1)N(C)C(=O)[C@@H](N)Cc1ccc(F)cc1. The lowest BCUT2D eigenvalue weighted by atomic mass is 9.84. The van der Waals surface area contributed by atoms with Gasteiger partial charge in [-0.05, 0) is 59.1 Å². The normalized spacial score (nSPS) is 14.4. The fourth-order valence-electron chi connectivity index (χ4n) is 4.59. The van der Waals surface area contributed by atoms with Gasteiger partial charge in [0, 0.05) is 19.6 Å². The average Bonchev–Trinajstić information content (AvgIpc) is 2.83. The van der Waals surface area contributed by atoms with Gasteiger partial charge in [-0.2, -0.15) is 0 Å². The average molecular weight is 579 g/mol. The Morgan fingerprint density at radius 2 is 1.62 bits per heavy atom. The smallest absolute Gasteiger partial charge is 0.243 e. The Balaban J connectivity index is 2.25. The van der Waals surface area contributed by atoms with Gasteiger partial charge in [-0.15, -0.1) is 0 Å². The molecule has 0 aliphatic heterocycles. The third-order valence-electron chi connectivity index (χ3n) is 6.64. The van der Waals surface area contributed by atoms with E-state index in [1.165, 1.54) is 24.1 Å². The van der Waals surface area contributed by atoms with Crippen LogP contribution in [0.3, 0.4) is 0 Å². The molecule has 0 saturated heterocycles. The number of halogens is 1. The highest BCUT2D eigenvalue weighted by atomic mass is 32.2. The monoisotopic (exact) mass is 578 g/mol. The van der Waals surface area contributed by atoms with Crippen LogP contribution in [-0.2, 0) is 37.9 Å². The topological polar surface area (TPSA) is 142 Å². The third-order valence-corrected chi connectivity index (χ3v) is 7.33. The number of phenols is 1. The van der Waals surface area contributed by atoms with Crippen LogP contribution < -0.4 is 15.8 Å². The standard InChI is InChI=1S/C29H43FN4O5S/c1-18(2)26(34(6)28(37)24(31)16-19-8-11-21(30)12-9-19)27(36)33-22(17-32-40(7,38)39)14-20-10-13-25(35)23(15-20)29(3,4)5/h8-13,15,18,22,24,26,32,35H,14,16-17,31H2,1-7H3,(H,33,36)/t22-,24-,26-/m0/s1. The number of nitrogens with zero attached hydrogens (tertiary/aromatic N) is 1. The number of likely N-dealkylation sites (N-methyl/N-ethyl adjacent to an activating group) is 1. The van der Waals surface area contributed by atoms with Crippen LogP contribution in [0.25, 0.3) is 0 Å². The lowest BCUT2D eigenvalue weighted by Crippen LogP contribution is -2.57. The summed E-state index contributed by atoms with van der Waals surface area (Å²) in [6.45, 7) is 9.45. The van der Waals surface area contributed by atoms with E-state index < -0.39 is 40.0 Å². The predicted octanol–water partition coefficient (Wildman–Crippen LogP) is 2.46. The van der Waals surface area contributed by atoms with Crippen LogP contribution in [0.15, 0.2) is 42.5 Å². The molecule has 0 radical (unpaired) electrons. The predicted molar refractivity (Wildman–Crippen MR) is 155 cm³/mol. The molecular weight excluding hydrogens is 535 g/mol. The highest BCUT2D eigenvalue weighted by Gasteiger charge is 2.33. The molecule has 11 heteroatoms. The van der Waals surface area contributed by atoms with E-state index in [9.17, 15) is 27.5 Å². The molecule has 0 unspecified atom stereocenters. The first-order valence-corrected chi connectivity index (χ1v) is 15.1. The minimum atomic E-state index is -3.54. The minimum Gasteiger partial charge on any atom is -0.508 e. The van der Waals surface area contributed by atoms with E-state index in [0.717, 1.165) is 17.4 Å². The number of rotatable bonds is 12. The molecule has 3 atom stereocenters. The van der Waals surface area contributed by atoms with Gasteiger partial charge in [0.05, 0.1) is 12.3 Å². The van der Waals surface area contributed by atoms with Crippen LogP contribution in [0.5, 0.6) is 5.75 Å². The molecule has 0 saturated carbocycles. The van der Waals surface area contributed by atoms with Crippen molar-refractivity contribution in [1.82, 2.24) is 14.9 Å². The second kappa shape index (κ2) is 13.6. The van der Waals surface area contributed by atoms with Crippen LogP contribution in [-0.4, -0.2) is 68.2 Å². The van der Waals surface area contributed by atoms with Crippen molar-refractivity contribution in [2.24, 2.45) is 11.7 Å². The summed E-state index contributed by atoms with van der Waals surface area (Å²) in [5, 5.41) is 13.2. The molecule has 222 valence electrons. The molecule has 0 heterocycles. The largest absolute Gasteiger partial charge is 0.508 e. The number of amides is 2. The van der Waals surface area contributed by atoms with Gasteiger partial charge in [-0.25, -0.2) is 17.5 Å². The van der Waals surface area contributed by atoms with Gasteiger partial charge in [-0.1, -0.05) is 58.9 Å². The highest BCUT2D eigenvalue weighted by molar-refractivity contribution is 7.88. The van der Waals surface area contributed by atoms with E-state index in [1.807, 2.05) is 26.8 Å². The fourth-order valence-corrected chi connectivity index (χ4v) is 5.10. The van der Waals surface area contributed by atoms with Gasteiger partial charge in [0.1, 0.15) is 17.6 Å². The maximum absolute atomic E-state index is 13.5. The maximum Gasteiger partial charge on any atom is 0.243 e. The van der Waals surface area contributed by atoms with Gasteiger partial charge in [-0.3, -0.25) is 9.59 Å². The van der Waals surface area contributed by atoms with Gasteiger partial charge in [0.15, 0.2) is 0 Å². The van der Waals surface area contributed by atoms with Crippen molar-refractivity contribution < 1.29 is 27.5 Å². The Kier molecular flexibility index (Phi) is 11.3. The van der Waals surface area contributed by atoms with Crippen molar-refractivity contribution in [3.63, 3.8) is 0 Å². The van der Waals surface area contributed by atoms with E-state index >= 15 is 0 Å². The number of hydrogen-bond donors (Lipinski definition) is 4. The van der Waals surface area contributed by atoms with E-state index in [1.54, 1.807) is 38.1 Å². The second-order valence-corrected chi connectivity index (χ2v) is 13.5. The molecule has 2 rings (SSSR count). The highest BCUT2D eigenvalue weighted by Crippen LogP contribution is 2.31. The molecule has 2 aromatic carbocycles. The Morgan fingerprint density at radius 1 is 1.05 bits per heavy atom. The molecule has 0 aliphatic rings. The summed E-state index contributed by atoms with van der Waals surface area (Å²) in [6, 6.07) is 8.41. The van der Waals surface area contributed by atoms with Crippen molar-refractivity contribution in [2.45, 2.75) is 71.0 Å². The first kappa shape index (κ1) is 33.2. The molecule has 0 fully saturated rings. The number of sulfonamides is 1. The Morgan fingerprint density at radius 3 is 2.15 bits per heavy atom. The number of carbonyl (C=O) groups excluding carboxylic acids is 2. The Hall–Kier alpha value is -3.02. The molecule has 9 nitrogen and oxygen atoms in total. The van der Waals surface area contributed by atoms with E-state index in [0.29, 0.717) is 5.56 Å². The summed E-state index contributed by atoms with van der Waals surface area (Å²) in [4.78, 5) is 28.1. The summed E-state index contributed by atoms with van der Waals surface area (Å²) < 4.78 is 39.4. The minimum absolute atomic E-state index is 0.0666. The molecule has 2 aromatic rings. The van der Waals surface area contributed by atoms with Crippen molar-refractivity contribution in [1.29, 1.82) is 0 Å². The van der Waals surface area contributed by atoms with Gasteiger partial charge in [0.2, 0.25) is 21.8 Å². The summed E-state index contributed by atoms with van der Waals surface area (Å²) in [5.74, 6) is -1.41. The van der Waals surface area contributed by atoms with Crippen molar-refractivity contribution in [3.8, 4) is 5.75 Å². The van der Waals surface area contributed by atoms with Gasteiger partial charge in [0.25, 0.3) is 0 Å². The Labute approximate surface area is 237 Å². The quantitative estimate of drug-likeness (QED) is 0.305. The zero-order chi connectivity index (χ0) is 30.4. The number of aromatic hydroxyl groups is 1. The maximum atomic E-state index is 13.5. The third kappa shape index (κ3) is 9.87. The number of nitrogens with two attached hydrogens (primary N) is 1. The molecular formula is C29H43FN4O5S. The second-order valence-electron chi connectivity index (χ2n) is 11.7. The molecule has 0 spiro atoms. The Bertz CT molecular complexity index is 1280. The lowest BCUT2D eigenvalue weighted by molar-refractivity contribution is -0.141. The first-order chi connectivity index (χ1) is 18.4. The first-order valence-electron chi connectivity index (χ1n) is 13.2. The lowest BCUT2D eigenvalue weighted by Gasteiger charge is -2.33. The number of hydrogen-bond acceptors (Lipinski definition) is 6. The van der Waals surface area contributed by atoms with Crippen molar-refractivity contribution >= 4 is 21.8 Å². The number of benzene rings is 2. The van der Waals surface area contributed by atoms with Crippen molar-refractivity contribution in [3.05, 3.63) is 65.0 Å². The van der Waals surface area contributed by atoms with Crippen LogP contribution in [0.2, 0.25) is 0 Å². The molecule has 0 aromatic heterocycles. The number of carbonyl (C=O) groups is 2. The molecule has 5 N–H and O–H groups in total. The number of nitrogens with one attached hydrogen (secondary N) is 2. The summed E-state index contributed by atoms with van der Waals surface area (Å²) >= 11 is 0. The van der Waals surface area contributed by atoms with Crippen LogP contribution >= 0.6 is 0 Å². The van der Waals surface area contributed by atoms with Crippen LogP contribution in [0.4, 0.5) is 4.39 Å². The molecule has 40 heavy (non-hydrogen) atoms. The van der Waals surface area contributed by atoms with Gasteiger partial charge < -0.3 is 21.1 Å².